The molecule has 1 aromatic carbocycles. The van der Waals surface area contributed by atoms with Crippen LogP contribution in [0.3, 0.4) is 0 Å². The summed E-state index contributed by atoms with van der Waals surface area (Å²) in [6.45, 7) is 3.15. The van der Waals surface area contributed by atoms with E-state index in [2.05, 4.69) is 23.3 Å². The molecule has 21 heavy (non-hydrogen) atoms. The Morgan fingerprint density at radius 2 is 2.10 bits per heavy atom. The summed E-state index contributed by atoms with van der Waals surface area (Å²) in [4.78, 5) is 15.4. The minimum atomic E-state index is 0.137. The molecule has 1 fully saturated rings. The van der Waals surface area contributed by atoms with E-state index in [1.807, 2.05) is 24.4 Å². The number of fused-ring (bicyclic) bond motifs is 1. The van der Waals surface area contributed by atoms with Crippen molar-refractivity contribution in [3.63, 3.8) is 0 Å². The van der Waals surface area contributed by atoms with E-state index in [9.17, 15) is 4.79 Å². The van der Waals surface area contributed by atoms with Gasteiger partial charge in [0.2, 0.25) is 5.91 Å². The number of nitrogens with one attached hydrogen (secondary N) is 2. The predicted molar refractivity (Wildman–Crippen MR) is 86.1 cm³/mol. The molecule has 0 radical (unpaired) electrons. The lowest BCUT2D eigenvalue weighted by Crippen LogP contribution is -2.34. The second-order valence-electron chi connectivity index (χ2n) is 6.36. The fraction of sp³-hybridized carbons (Fsp3) is 0.500. The molecule has 2 aromatic rings. The number of benzene rings is 1. The van der Waals surface area contributed by atoms with Crippen molar-refractivity contribution in [2.24, 2.45) is 11.8 Å². The Morgan fingerprint density at radius 1 is 1.29 bits per heavy atom. The molecule has 1 saturated carbocycles. The summed E-state index contributed by atoms with van der Waals surface area (Å²) in [7, 11) is 0. The van der Waals surface area contributed by atoms with Gasteiger partial charge in [0, 0.05) is 23.6 Å². The van der Waals surface area contributed by atoms with E-state index in [1.54, 1.807) is 0 Å². The van der Waals surface area contributed by atoms with Gasteiger partial charge in [0.15, 0.2) is 0 Å². The van der Waals surface area contributed by atoms with Gasteiger partial charge in [-0.3, -0.25) is 4.79 Å². The van der Waals surface area contributed by atoms with Crippen LogP contribution in [0.2, 0.25) is 0 Å². The van der Waals surface area contributed by atoms with Crippen molar-refractivity contribution in [2.45, 2.75) is 39.0 Å². The van der Waals surface area contributed by atoms with E-state index in [4.69, 9.17) is 0 Å². The van der Waals surface area contributed by atoms with Gasteiger partial charge in [-0.25, -0.2) is 0 Å². The highest BCUT2D eigenvalue weighted by Gasteiger charge is 2.21. The third kappa shape index (κ3) is 3.29. The van der Waals surface area contributed by atoms with Gasteiger partial charge < -0.3 is 10.3 Å². The van der Waals surface area contributed by atoms with Crippen LogP contribution in [0.4, 0.5) is 0 Å². The van der Waals surface area contributed by atoms with Gasteiger partial charge in [0.25, 0.3) is 0 Å². The summed E-state index contributed by atoms with van der Waals surface area (Å²) in [6.07, 6.45) is 7.64. The molecule has 3 rings (SSSR count). The third-order valence-electron chi connectivity index (χ3n) is 4.88. The minimum Gasteiger partial charge on any atom is -0.361 e. The van der Waals surface area contributed by atoms with Crippen molar-refractivity contribution in [2.75, 3.05) is 6.54 Å². The van der Waals surface area contributed by atoms with Crippen LogP contribution >= 0.6 is 0 Å². The van der Waals surface area contributed by atoms with Crippen molar-refractivity contribution < 1.29 is 4.79 Å². The van der Waals surface area contributed by atoms with E-state index < -0.39 is 0 Å². The van der Waals surface area contributed by atoms with Crippen molar-refractivity contribution >= 4 is 16.8 Å². The van der Waals surface area contributed by atoms with E-state index in [0.717, 1.165) is 28.9 Å². The van der Waals surface area contributed by atoms with Gasteiger partial charge >= 0.3 is 0 Å². The molecule has 3 heteroatoms. The van der Waals surface area contributed by atoms with Crippen LogP contribution in [0, 0.1) is 11.8 Å². The lowest BCUT2D eigenvalue weighted by molar-refractivity contribution is -0.120. The second-order valence-corrected chi connectivity index (χ2v) is 6.36. The van der Waals surface area contributed by atoms with E-state index in [-0.39, 0.29) is 5.91 Å². The summed E-state index contributed by atoms with van der Waals surface area (Å²) in [5.41, 5.74) is 2.18. The maximum absolute atomic E-state index is 12.2. The van der Waals surface area contributed by atoms with Gasteiger partial charge in [-0.05, 0) is 29.9 Å². The largest absolute Gasteiger partial charge is 0.361 e. The Balaban J connectivity index is 1.56. The van der Waals surface area contributed by atoms with Crippen molar-refractivity contribution in [3.05, 3.63) is 36.0 Å². The number of aromatic amines is 1. The monoisotopic (exact) mass is 284 g/mol. The Morgan fingerprint density at radius 3 is 2.95 bits per heavy atom. The topological polar surface area (TPSA) is 44.9 Å². The quantitative estimate of drug-likeness (QED) is 0.884. The first-order valence-electron chi connectivity index (χ1n) is 8.05. The molecular formula is C18H24N2O. The lowest BCUT2D eigenvalue weighted by Gasteiger charge is -2.28. The SMILES string of the molecule is CC1CCCCC1CNC(=O)Cc1c[nH]c2ccccc12. The molecule has 0 aliphatic heterocycles. The van der Waals surface area contributed by atoms with Crippen LogP contribution in [0.15, 0.2) is 30.5 Å². The van der Waals surface area contributed by atoms with Crippen LogP contribution in [0.5, 0.6) is 0 Å². The zero-order valence-electron chi connectivity index (χ0n) is 12.7. The summed E-state index contributed by atoms with van der Waals surface area (Å²) < 4.78 is 0. The van der Waals surface area contributed by atoms with Crippen LogP contribution in [0.25, 0.3) is 10.9 Å². The molecule has 2 N–H and O–H groups in total. The van der Waals surface area contributed by atoms with Crippen molar-refractivity contribution in [1.82, 2.24) is 10.3 Å². The number of H-pyrrole nitrogens is 1. The molecule has 2 atom stereocenters. The number of rotatable bonds is 4. The zero-order valence-corrected chi connectivity index (χ0v) is 12.7. The third-order valence-corrected chi connectivity index (χ3v) is 4.88. The minimum absolute atomic E-state index is 0.137. The predicted octanol–water partition coefficient (Wildman–Crippen LogP) is 3.65. The van der Waals surface area contributed by atoms with Gasteiger partial charge in [0.1, 0.15) is 0 Å². The highest BCUT2D eigenvalue weighted by Crippen LogP contribution is 2.28. The van der Waals surface area contributed by atoms with Crippen LogP contribution < -0.4 is 5.32 Å². The standard InChI is InChI=1S/C18H24N2O/c1-13-6-2-3-7-14(13)11-20-18(21)10-15-12-19-17-9-5-4-8-16(15)17/h4-5,8-9,12-14,19H,2-3,6-7,10-11H2,1H3,(H,20,21). The first-order valence-corrected chi connectivity index (χ1v) is 8.05. The van der Waals surface area contributed by atoms with E-state index in [1.165, 1.54) is 25.7 Å². The van der Waals surface area contributed by atoms with Crippen molar-refractivity contribution in [3.8, 4) is 0 Å². The number of amides is 1. The average molecular weight is 284 g/mol. The molecule has 3 nitrogen and oxygen atoms in total. The summed E-state index contributed by atoms with van der Waals surface area (Å²) in [5.74, 6) is 1.54. The summed E-state index contributed by atoms with van der Waals surface area (Å²) >= 11 is 0. The molecule has 112 valence electrons. The molecule has 1 amide bonds. The Labute approximate surface area is 126 Å². The Kier molecular flexibility index (Phi) is 4.28. The first kappa shape index (κ1) is 14.2. The van der Waals surface area contributed by atoms with E-state index in [0.29, 0.717) is 12.3 Å². The molecular weight excluding hydrogens is 260 g/mol. The number of para-hydroxylation sites is 1. The highest BCUT2D eigenvalue weighted by atomic mass is 16.1. The molecule has 1 aliphatic rings. The maximum atomic E-state index is 12.2. The molecule has 2 unspecified atom stereocenters. The highest BCUT2D eigenvalue weighted by molar-refractivity contribution is 5.88. The average Bonchev–Trinajstić information content (AvgIpc) is 2.90. The van der Waals surface area contributed by atoms with Gasteiger partial charge in [0.05, 0.1) is 6.42 Å². The van der Waals surface area contributed by atoms with Gasteiger partial charge in [-0.2, -0.15) is 0 Å². The summed E-state index contributed by atoms with van der Waals surface area (Å²) in [5, 5.41) is 4.28. The van der Waals surface area contributed by atoms with E-state index >= 15 is 0 Å². The number of carbonyl (C=O) groups is 1. The van der Waals surface area contributed by atoms with Crippen LogP contribution in [-0.4, -0.2) is 17.4 Å². The van der Waals surface area contributed by atoms with Crippen molar-refractivity contribution in [1.29, 1.82) is 0 Å². The number of carbonyl (C=O) groups excluding carboxylic acids is 1. The molecule has 1 aliphatic carbocycles. The van der Waals surface area contributed by atoms with Crippen LogP contribution in [0.1, 0.15) is 38.2 Å². The van der Waals surface area contributed by atoms with Gasteiger partial charge in [-0.1, -0.05) is 44.4 Å². The number of hydrogen-bond donors (Lipinski definition) is 2. The molecule has 0 bridgehead atoms. The van der Waals surface area contributed by atoms with Crippen LogP contribution in [-0.2, 0) is 11.2 Å². The fourth-order valence-electron chi connectivity index (χ4n) is 3.45. The lowest BCUT2D eigenvalue weighted by atomic mass is 9.80. The normalized spacial score (nSPS) is 22.3. The molecule has 0 saturated heterocycles. The molecule has 0 spiro atoms. The van der Waals surface area contributed by atoms with Gasteiger partial charge in [-0.15, -0.1) is 0 Å². The summed E-state index contributed by atoms with van der Waals surface area (Å²) in [6, 6.07) is 8.13. The Hall–Kier alpha value is -1.77. The number of aromatic nitrogens is 1. The smallest absolute Gasteiger partial charge is 0.224 e. The fourth-order valence-corrected chi connectivity index (χ4v) is 3.45. The first-order chi connectivity index (χ1) is 10.2. The molecule has 1 aromatic heterocycles. The Bertz CT molecular complexity index is 616. The maximum Gasteiger partial charge on any atom is 0.224 e. The number of hydrogen-bond acceptors (Lipinski definition) is 1. The second kappa shape index (κ2) is 6.33. The molecule has 1 heterocycles. The zero-order chi connectivity index (χ0) is 14.7.